The molecule has 0 fully saturated rings. The fraction of sp³-hybridized carbons (Fsp3) is 0.0370. The number of furan rings is 1. The van der Waals surface area contributed by atoms with Crippen molar-refractivity contribution in [1.82, 2.24) is 9.13 Å². The first-order valence-electron chi connectivity index (χ1n) is 20.0. The smallest absolute Gasteiger partial charge is 0.135 e. The van der Waals surface area contributed by atoms with Crippen molar-refractivity contribution in [2.24, 2.45) is 0 Å². The van der Waals surface area contributed by atoms with Crippen LogP contribution in [0.25, 0.3) is 115 Å². The summed E-state index contributed by atoms with van der Waals surface area (Å²) in [6.07, 6.45) is 6.92. The van der Waals surface area contributed by atoms with Gasteiger partial charge in [-0.15, -0.1) is 11.3 Å². The van der Waals surface area contributed by atoms with Crippen LogP contribution < -0.4 is 0 Å². The van der Waals surface area contributed by atoms with Crippen molar-refractivity contribution in [2.45, 2.75) is 12.8 Å². The van der Waals surface area contributed by atoms with E-state index in [1.807, 2.05) is 11.3 Å². The lowest BCUT2D eigenvalue weighted by molar-refractivity contribution is 0.669. The zero-order chi connectivity index (χ0) is 37.9. The Kier molecular flexibility index (Phi) is 6.72. The first-order chi connectivity index (χ1) is 28.7. The molecule has 0 saturated heterocycles. The van der Waals surface area contributed by atoms with Gasteiger partial charge in [0.1, 0.15) is 11.2 Å². The number of aryl methyl sites for hydroxylation is 1. The van der Waals surface area contributed by atoms with Gasteiger partial charge in [0, 0.05) is 58.7 Å². The third kappa shape index (κ3) is 4.67. The molecule has 272 valence electrons. The van der Waals surface area contributed by atoms with Gasteiger partial charge >= 0.3 is 0 Å². The summed E-state index contributed by atoms with van der Waals surface area (Å²) in [5, 5.41) is 8.60. The lowest BCUT2D eigenvalue weighted by atomic mass is 9.98. The van der Waals surface area contributed by atoms with Gasteiger partial charge in [-0.1, -0.05) is 91.0 Å². The molecule has 12 aromatic rings. The minimum absolute atomic E-state index is 0.890. The number of benzene rings is 8. The molecule has 8 aromatic carbocycles. The predicted molar refractivity (Wildman–Crippen MR) is 246 cm³/mol. The highest BCUT2D eigenvalue weighted by atomic mass is 32.1. The standard InChI is InChI=1S/C54H34N2OS/c1-2-10-37(11-3-1)55-47-15-7-4-12-39(47)42-28-33(18-23-49(42)55)35-20-25-51-44(30-35)45-32-38(22-26-52(45)57-51)56-48-16-8-5-13-40(48)43-29-34(19-24-50(43)56)36-21-27-54-46(31-36)41-14-6-9-17-53(41)58-54/h1-8,10-16,18-32H,9,17H2. The maximum atomic E-state index is 6.48. The minimum atomic E-state index is 0.890. The second kappa shape index (κ2) is 12.2. The first kappa shape index (κ1) is 32.0. The molecule has 0 amide bonds. The average molecular weight is 759 g/mol. The van der Waals surface area contributed by atoms with E-state index in [1.165, 1.54) is 92.1 Å². The summed E-state index contributed by atoms with van der Waals surface area (Å²) in [5.74, 6) is 0. The molecular weight excluding hydrogens is 725 g/mol. The molecular formula is C54H34N2OS. The van der Waals surface area contributed by atoms with E-state index in [9.17, 15) is 0 Å². The van der Waals surface area contributed by atoms with Crippen molar-refractivity contribution in [2.75, 3.05) is 0 Å². The molecule has 4 heteroatoms. The second-order valence-corrected chi connectivity index (χ2v) is 16.7. The van der Waals surface area contributed by atoms with Crippen LogP contribution in [-0.2, 0) is 6.42 Å². The van der Waals surface area contributed by atoms with Crippen LogP contribution in [0.1, 0.15) is 16.9 Å². The van der Waals surface area contributed by atoms with E-state index in [0.717, 1.165) is 40.5 Å². The summed E-state index contributed by atoms with van der Waals surface area (Å²) >= 11 is 1.95. The molecule has 1 aliphatic rings. The maximum absolute atomic E-state index is 6.48. The van der Waals surface area contributed by atoms with Gasteiger partial charge in [-0.25, -0.2) is 0 Å². The second-order valence-electron chi connectivity index (χ2n) is 15.6. The monoisotopic (exact) mass is 758 g/mol. The Balaban J connectivity index is 0.940. The highest BCUT2D eigenvalue weighted by Gasteiger charge is 2.18. The van der Waals surface area contributed by atoms with Crippen LogP contribution in [0.3, 0.4) is 0 Å². The number of aromatic nitrogens is 2. The normalized spacial score (nSPS) is 13.0. The number of allylic oxidation sites excluding steroid dienone is 1. The van der Waals surface area contributed by atoms with Gasteiger partial charge in [-0.05, 0) is 132 Å². The van der Waals surface area contributed by atoms with E-state index in [0.29, 0.717) is 0 Å². The number of thiophene rings is 1. The van der Waals surface area contributed by atoms with Crippen molar-refractivity contribution in [3.05, 3.63) is 186 Å². The molecule has 1 aliphatic carbocycles. The quantitative estimate of drug-likeness (QED) is 0.175. The number of rotatable bonds is 4. The molecule has 0 N–H and O–H groups in total. The van der Waals surface area contributed by atoms with Gasteiger partial charge in [0.25, 0.3) is 0 Å². The molecule has 4 heterocycles. The summed E-state index contributed by atoms with van der Waals surface area (Å²) in [7, 11) is 0. The largest absolute Gasteiger partial charge is 0.456 e. The van der Waals surface area contributed by atoms with Gasteiger partial charge in [0.2, 0.25) is 0 Å². The fourth-order valence-corrected chi connectivity index (χ4v) is 10.8. The lowest BCUT2D eigenvalue weighted by Gasteiger charge is -2.09. The van der Waals surface area contributed by atoms with Crippen LogP contribution in [0.15, 0.2) is 180 Å². The van der Waals surface area contributed by atoms with Gasteiger partial charge in [0.05, 0.1) is 22.1 Å². The third-order valence-electron chi connectivity index (χ3n) is 12.4. The van der Waals surface area contributed by atoms with Crippen LogP contribution in [0.5, 0.6) is 0 Å². The third-order valence-corrected chi connectivity index (χ3v) is 13.6. The van der Waals surface area contributed by atoms with Gasteiger partial charge in [-0.2, -0.15) is 0 Å². The van der Waals surface area contributed by atoms with E-state index in [4.69, 9.17) is 4.42 Å². The summed E-state index contributed by atoms with van der Waals surface area (Å²) in [6, 6.07) is 62.3. The first-order valence-corrected chi connectivity index (χ1v) is 20.9. The van der Waals surface area contributed by atoms with Crippen molar-refractivity contribution in [3.63, 3.8) is 0 Å². The van der Waals surface area contributed by atoms with E-state index >= 15 is 0 Å². The molecule has 0 atom stereocenters. The number of hydrogen-bond donors (Lipinski definition) is 0. The Morgan fingerprint density at radius 3 is 1.66 bits per heavy atom. The van der Waals surface area contributed by atoms with Crippen molar-refractivity contribution < 1.29 is 4.42 Å². The molecule has 0 aliphatic heterocycles. The van der Waals surface area contributed by atoms with Crippen LogP contribution >= 0.6 is 11.3 Å². The van der Waals surface area contributed by atoms with Gasteiger partial charge in [-0.3, -0.25) is 0 Å². The van der Waals surface area contributed by atoms with Crippen molar-refractivity contribution in [3.8, 4) is 33.6 Å². The topological polar surface area (TPSA) is 23.0 Å². The molecule has 0 bridgehead atoms. The van der Waals surface area contributed by atoms with Crippen LogP contribution in [0.4, 0.5) is 0 Å². The van der Waals surface area contributed by atoms with Gasteiger partial charge in [0.15, 0.2) is 0 Å². The molecule has 0 radical (unpaired) electrons. The molecule has 58 heavy (non-hydrogen) atoms. The molecule has 3 nitrogen and oxygen atoms in total. The summed E-state index contributed by atoms with van der Waals surface area (Å²) in [6.45, 7) is 0. The number of para-hydroxylation sites is 3. The molecule has 0 saturated carbocycles. The van der Waals surface area contributed by atoms with E-state index in [2.05, 4.69) is 191 Å². The van der Waals surface area contributed by atoms with Crippen LogP contribution in [0, 0.1) is 0 Å². The zero-order valence-corrected chi connectivity index (χ0v) is 32.3. The fourth-order valence-electron chi connectivity index (χ4n) is 9.65. The van der Waals surface area contributed by atoms with Crippen molar-refractivity contribution in [1.29, 1.82) is 0 Å². The molecule has 13 rings (SSSR count). The predicted octanol–water partition coefficient (Wildman–Crippen LogP) is 15.3. The summed E-state index contributed by atoms with van der Waals surface area (Å²) < 4.78 is 12.6. The minimum Gasteiger partial charge on any atom is -0.456 e. The SMILES string of the molecule is C1=Cc2c(sc3ccc(-c4ccc5c(c4)c4ccccc4n5-c4ccc5oc6ccc(-c7ccc8c(c7)c7ccccc7n8-c7ccccc7)cc6c5c4)cc23)CC1. The number of hydrogen-bond acceptors (Lipinski definition) is 2. The highest BCUT2D eigenvalue weighted by molar-refractivity contribution is 7.19. The maximum Gasteiger partial charge on any atom is 0.135 e. The lowest BCUT2D eigenvalue weighted by Crippen LogP contribution is -1.93. The van der Waals surface area contributed by atoms with Gasteiger partial charge < -0.3 is 13.6 Å². The Morgan fingerprint density at radius 1 is 0.414 bits per heavy atom. The molecule has 4 aromatic heterocycles. The highest BCUT2D eigenvalue weighted by Crippen LogP contribution is 2.42. The average Bonchev–Trinajstić information content (AvgIpc) is 4.03. The van der Waals surface area contributed by atoms with E-state index < -0.39 is 0 Å². The van der Waals surface area contributed by atoms with Crippen LogP contribution in [0.2, 0.25) is 0 Å². The Labute approximate surface area is 337 Å². The van der Waals surface area contributed by atoms with E-state index in [-0.39, 0.29) is 0 Å². The molecule has 0 spiro atoms. The van der Waals surface area contributed by atoms with Crippen molar-refractivity contribution >= 4 is 93.0 Å². The van der Waals surface area contributed by atoms with E-state index in [1.54, 1.807) is 0 Å². The summed E-state index contributed by atoms with van der Waals surface area (Å²) in [5.41, 5.74) is 15.1. The zero-order valence-electron chi connectivity index (χ0n) is 31.4. The number of fused-ring (bicyclic) bond motifs is 12. The molecule has 0 unspecified atom stereocenters. The Bertz CT molecular complexity index is 3680. The number of nitrogens with zero attached hydrogens (tertiary/aromatic N) is 2. The Morgan fingerprint density at radius 2 is 0.948 bits per heavy atom. The Hall–Kier alpha value is -7.14. The van der Waals surface area contributed by atoms with Crippen LogP contribution in [-0.4, -0.2) is 9.13 Å². The summed E-state index contributed by atoms with van der Waals surface area (Å²) in [4.78, 5) is 1.51.